The Morgan fingerprint density at radius 2 is 1.63 bits per heavy atom. The Kier molecular flexibility index (Phi) is 4.42. The number of aryl methyl sites for hydroxylation is 2. The smallest absolute Gasteiger partial charge is 0.223 e. The Bertz CT molecular complexity index is 1100. The second kappa shape index (κ2) is 7.03. The summed E-state index contributed by atoms with van der Waals surface area (Å²) in [6, 6.07) is 15.5. The number of anilines is 1. The van der Waals surface area contributed by atoms with Crippen LogP contribution in [0.15, 0.2) is 67.1 Å². The zero-order valence-corrected chi connectivity index (χ0v) is 15.2. The maximum absolute atomic E-state index is 11.0. The maximum atomic E-state index is 11.0. The summed E-state index contributed by atoms with van der Waals surface area (Å²) in [6.45, 7) is 4.12. The van der Waals surface area contributed by atoms with Gasteiger partial charge in [-0.1, -0.05) is 42.0 Å². The summed E-state index contributed by atoms with van der Waals surface area (Å²) in [4.78, 5) is 12.9. The summed E-state index contributed by atoms with van der Waals surface area (Å²) in [5, 5.41) is 15.2. The van der Waals surface area contributed by atoms with Crippen LogP contribution in [0.25, 0.3) is 10.9 Å². The minimum absolute atomic E-state index is 0.169. The lowest BCUT2D eigenvalue weighted by Gasteiger charge is -2.23. The predicted molar refractivity (Wildman–Crippen MR) is 107 cm³/mol. The van der Waals surface area contributed by atoms with Gasteiger partial charge in [0.2, 0.25) is 5.95 Å². The number of hydrogen-bond acceptors (Lipinski definition) is 5. The van der Waals surface area contributed by atoms with Crippen LogP contribution in [0.5, 0.6) is 5.75 Å². The second-order valence-corrected chi connectivity index (χ2v) is 6.59. The molecule has 2 heterocycles. The van der Waals surface area contributed by atoms with Gasteiger partial charge in [-0.3, -0.25) is 4.98 Å². The first-order chi connectivity index (χ1) is 13.1. The highest BCUT2D eigenvalue weighted by molar-refractivity contribution is 5.86. The average Bonchev–Trinajstić information content (AvgIpc) is 2.70. The summed E-state index contributed by atoms with van der Waals surface area (Å²) in [7, 11) is 0. The van der Waals surface area contributed by atoms with Crippen molar-refractivity contribution in [1.29, 1.82) is 0 Å². The molecule has 2 N–H and O–H groups in total. The van der Waals surface area contributed by atoms with E-state index in [9.17, 15) is 5.11 Å². The number of fused-ring (bicyclic) bond motifs is 1. The third-order valence-corrected chi connectivity index (χ3v) is 4.68. The largest absolute Gasteiger partial charge is 0.505 e. The summed E-state index contributed by atoms with van der Waals surface area (Å²) in [5.41, 5.74) is 4.65. The number of benzene rings is 2. The first-order valence-electron chi connectivity index (χ1n) is 8.81. The standard InChI is InChI=1S/C22H20N4O/c1-14-6-7-15(2)18(13-14)20(26-22-24-11-4-12-25-22)17-9-8-16-5-3-10-23-19(16)21(17)27/h3-13,20,27H,1-2H3,(H,24,25,26). The third-order valence-electron chi connectivity index (χ3n) is 4.68. The molecule has 5 nitrogen and oxygen atoms in total. The van der Waals surface area contributed by atoms with E-state index in [0.717, 1.165) is 27.6 Å². The van der Waals surface area contributed by atoms with Crippen LogP contribution in [0.2, 0.25) is 0 Å². The van der Waals surface area contributed by atoms with Crippen LogP contribution in [0, 0.1) is 13.8 Å². The quantitative estimate of drug-likeness (QED) is 0.561. The highest BCUT2D eigenvalue weighted by Crippen LogP contribution is 2.37. The summed E-state index contributed by atoms with van der Waals surface area (Å²) in [5.74, 6) is 0.673. The molecule has 27 heavy (non-hydrogen) atoms. The van der Waals surface area contributed by atoms with Crippen LogP contribution in [0.4, 0.5) is 5.95 Å². The fourth-order valence-corrected chi connectivity index (χ4v) is 3.27. The van der Waals surface area contributed by atoms with Crippen molar-refractivity contribution < 1.29 is 5.11 Å². The van der Waals surface area contributed by atoms with Gasteiger partial charge in [0.05, 0.1) is 6.04 Å². The maximum Gasteiger partial charge on any atom is 0.223 e. The van der Waals surface area contributed by atoms with Gasteiger partial charge >= 0.3 is 0 Å². The van der Waals surface area contributed by atoms with Crippen molar-refractivity contribution in [3.63, 3.8) is 0 Å². The van der Waals surface area contributed by atoms with Crippen LogP contribution in [0.1, 0.15) is 28.3 Å². The van der Waals surface area contributed by atoms with Crippen molar-refractivity contribution in [2.75, 3.05) is 5.32 Å². The molecule has 0 aliphatic rings. The van der Waals surface area contributed by atoms with Crippen molar-refractivity contribution in [1.82, 2.24) is 15.0 Å². The van der Waals surface area contributed by atoms with E-state index in [0.29, 0.717) is 11.5 Å². The Morgan fingerprint density at radius 3 is 2.44 bits per heavy atom. The number of phenolic OH excluding ortho intramolecular Hbond substituents is 1. The number of hydrogen-bond donors (Lipinski definition) is 2. The molecule has 0 spiro atoms. The summed E-state index contributed by atoms with van der Waals surface area (Å²) < 4.78 is 0. The Labute approximate surface area is 157 Å². The van der Waals surface area contributed by atoms with Gasteiger partial charge in [0.25, 0.3) is 0 Å². The monoisotopic (exact) mass is 356 g/mol. The van der Waals surface area contributed by atoms with E-state index >= 15 is 0 Å². The lowest BCUT2D eigenvalue weighted by atomic mass is 9.92. The summed E-state index contributed by atoms with van der Waals surface area (Å²) in [6.07, 6.45) is 5.07. The zero-order chi connectivity index (χ0) is 18.8. The molecule has 2 aromatic carbocycles. The Morgan fingerprint density at radius 1 is 0.852 bits per heavy atom. The molecule has 1 atom stereocenters. The van der Waals surface area contributed by atoms with Crippen LogP contribution < -0.4 is 5.32 Å². The topological polar surface area (TPSA) is 70.9 Å². The van der Waals surface area contributed by atoms with Crippen molar-refractivity contribution in [2.45, 2.75) is 19.9 Å². The van der Waals surface area contributed by atoms with E-state index in [1.807, 2.05) is 24.3 Å². The predicted octanol–water partition coefficient (Wildman–Crippen LogP) is 4.55. The molecule has 0 aliphatic carbocycles. The Balaban J connectivity index is 1.90. The van der Waals surface area contributed by atoms with Gasteiger partial charge in [-0.25, -0.2) is 9.97 Å². The molecule has 4 aromatic rings. The third kappa shape index (κ3) is 3.31. The van der Waals surface area contributed by atoms with Gasteiger partial charge in [0, 0.05) is 29.5 Å². The minimum Gasteiger partial charge on any atom is -0.505 e. The van der Waals surface area contributed by atoms with Crippen molar-refractivity contribution >= 4 is 16.9 Å². The molecule has 0 bridgehead atoms. The Hall–Kier alpha value is -3.47. The molecule has 0 radical (unpaired) electrons. The van der Waals surface area contributed by atoms with Gasteiger partial charge in [-0.15, -0.1) is 0 Å². The number of pyridine rings is 1. The van der Waals surface area contributed by atoms with Crippen molar-refractivity contribution in [3.8, 4) is 5.75 Å². The highest BCUT2D eigenvalue weighted by atomic mass is 16.3. The number of aromatic hydroxyl groups is 1. The molecule has 0 saturated carbocycles. The molecular weight excluding hydrogens is 336 g/mol. The molecule has 134 valence electrons. The molecule has 1 unspecified atom stereocenters. The SMILES string of the molecule is Cc1ccc(C)c(C(Nc2ncccn2)c2ccc3cccnc3c2O)c1. The van der Waals surface area contributed by atoms with Crippen LogP contribution >= 0.6 is 0 Å². The van der Waals surface area contributed by atoms with Crippen molar-refractivity contribution in [3.05, 3.63) is 89.4 Å². The van der Waals surface area contributed by atoms with Crippen LogP contribution in [0.3, 0.4) is 0 Å². The van der Waals surface area contributed by atoms with E-state index in [2.05, 4.69) is 52.3 Å². The van der Waals surface area contributed by atoms with Crippen LogP contribution in [-0.2, 0) is 0 Å². The number of nitrogens with one attached hydrogen (secondary N) is 1. The highest BCUT2D eigenvalue weighted by Gasteiger charge is 2.22. The molecule has 2 aromatic heterocycles. The number of aromatic nitrogens is 3. The first-order valence-corrected chi connectivity index (χ1v) is 8.81. The number of phenols is 1. The van der Waals surface area contributed by atoms with Gasteiger partial charge < -0.3 is 10.4 Å². The lowest BCUT2D eigenvalue weighted by Crippen LogP contribution is -2.16. The first kappa shape index (κ1) is 17.0. The minimum atomic E-state index is -0.307. The molecular formula is C22H20N4O. The lowest BCUT2D eigenvalue weighted by molar-refractivity contribution is 0.471. The molecule has 0 aliphatic heterocycles. The summed E-state index contributed by atoms with van der Waals surface area (Å²) >= 11 is 0. The normalized spacial score (nSPS) is 12.1. The molecule has 0 saturated heterocycles. The van der Waals surface area contributed by atoms with Gasteiger partial charge in [-0.05, 0) is 37.1 Å². The van der Waals surface area contributed by atoms with Crippen LogP contribution in [-0.4, -0.2) is 20.1 Å². The molecule has 4 rings (SSSR count). The van der Waals surface area contributed by atoms with E-state index < -0.39 is 0 Å². The molecule has 5 heteroatoms. The molecule has 0 amide bonds. The van der Waals surface area contributed by atoms with E-state index in [-0.39, 0.29) is 11.8 Å². The van der Waals surface area contributed by atoms with E-state index in [1.54, 1.807) is 24.7 Å². The fourth-order valence-electron chi connectivity index (χ4n) is 3.27. The van der Waals surface area contributed by atoms with Gasteiger partial charge in [0.15, 0.2) is 0 Å². The van der Waals surface area contributed by atoms with Crippen molar-refractivity contribution in [2.24, 2.45) is 0 Å². The molecule has 0 fully saturated rings. The zero-order valence-electron chi connectivity index (χ0n) is 15.2. The van der Waals surface area contributed by atoms with E-state index in [4.69, 9.17) is 0 Å². The van der Waals surface area contributed by atoms with E-state index in [1.165, 1.54) is 0 Å². The van der Waals surface area contributed by atoms with Gasteiger partial charge in [-0.2, -0.15) is 0 Å². The number of nitrogens with zero attached hydrogens (tertiary/aromatic N) is 3. The second-order valence-electron chi connectivity index (χ2n) is 6.59. The fraction of sp³-hybridized carbons (Fsp3) is 0.136. The van der Waals surface area contributed by atoms with Gasteiger partial charge in [0.1, 0.15) is 11.3 Å². The average molecular weight is 356 g/mol. The number of rotatable bonds is 4.